The van der Waals surface area contributed by atoms with E-state index in [1.54, 1.807) is 7.05 Å². The highest BCUT2D eigenvalue weighted by molar-refractivity contribution is 6.05. The second-order valence-electron chi connectivity index (χ2n) is 4.73. The lowest BCUT2D eigenvalue weighted by Gasteiger charge is -2.21. The Labute approximate surface area is 111 Å². The Morgan fingerprint density at radius 3 is 2.95 bits per heavy atom. The summed E-state index contributed by atoms with van der Waals surface area (Å²) in [6.07, 6.45) is 1.38. The lowest BCUT2D eigenvalue weighted by molar-refractivity contribution is -0.130. The highest BCUT2D eigenvalue weighted by Gasteiger charge is 2.25. The number of hydrazone groups is 1. The topological polar surface area (TPSA) is 54.4 Å². The van der Waals surface area contributed by atoms with Gasteiger partial charge >= 0.3 is 0 Å². The van der Waals surface area contributed by atoms with E-state index in [4.69, 9.17) is 9.47 Å². The Bertz CT molecular complexity index is 523. The zero-order chi connectivity index (χ0) is 13.2. The van der Waals surface area contributed by atoms with E-state index in [2.05, 4.69) is 5.10 Å². The van der Waals surface area contributed by atoms with E-state index in [1.807, 2.05) is 24.3 Å². The maximum absolute atomic E-state index is 11.5. The summed E-state index contributed by atoms with van der Waals surface area (Å²) in [4.78, 5) is 11.5. The van der Waals surface area contributed by atoms with Gasteiger partial charge in [0.15, 0.2) is 0 Å². The molecule has 1 atom stereocenters. The van der Waals surface area contributed by atoms with Crippen LogP contribution in [0.4, 0.5) is 0 Å². The second-order valence-corrected chi connectivity index (χ2v) is 4.73. The van der Waals surface area contributed by atoms with Crippen LogP contribution in [0.15, 0.2) is 29.4 Å². The van der Waals surface area contributed by atoms with Crippen molar-refractivity contribution in [1.29, 1.82) is 0 Å². The number of carbonyl (C=O) groups excluding carboxylic acids is 1. The monoisotopic (exact) mass is 260 g/mol. The van der Waals surface area contributed by atoms with Gasteiger partial charge in [-0.2, -0.15) is 5.10 Å². The smallest absolute Gasteiger partial charge is 0.242 e. The van der Waals surface area contributed by atoms with Crippen molar-refractivity contribution in [2.24, 2.45) is 5.10 Å². The average Bonchev–Trinajstić information content (AvgIpc) is 3.24. The summed E-state index contributed by atoms with van der Waals surface area (Å²) in [5.74, 6) is 0.855. The number of carbonyl (C=O) groups is 1. The van der Waals surface area contributed by atoms with Crippen molar-refractivity contribution in [3.05, 3.63) is 29.8 Å². The van der Waals surface area contributed by atoms with Crippen molar-refractivity contribution in [1.82, 2.24) is 5.01 Å². The fourth-order valence-electron chi connectivity index (χ4n) is 2.04. The van der Waals surface area contributed by atoms with Gasteiger partial charge in [0.1, 0.15) is 18.5 Å². The first-order chi connectivity index (χ1) is 9.24. The molecule has 0 spiro atoms. The van der Waals surface area contributed by atoms with Crippen molar-refractivity contribution in [3.8, 4) is 5.75 Å². The summed E-state index contributed by atoms with van der Waals surface area (Å²) in [5.41, 5.74) is 1.86. The molecule has 1 amide bonds. The van der Waals surface area contributed by atoms with Crippen LogP contribution in [-0.2, 0) is 9.53 Å². The van der Waals surface area contributed by atoms with Crippen LogP contribution < -0.4 is 4.74 Å². The minimum absolute atomic E-state index is 0.0496. The third-order valence-corrected chi connectivity index (χ3v) is 3.23. The van der Waals surface area contributed by atoms with Gasteiger partial charge in [-0.3, -0.25) is 4.79 Å². The zero-order valence-electron chi connectivity index (χ0n) is 10.8. The van der Waals surface area contributed by atoms with Gasteiger partial charge in [0.05, 0.1) is 12.3 Å². The van der Waals surface area contributed by atoms with Gasteiger partial charge in [0.2, 0.25) is 5.91 Å². The number of ether oxygens (including phenoxy) is 2. The molecule has 2 heterocycles. The Morgan fingerprint density at radius 1 is 1.42 bits per heavy atom. The van der Waals surface area contributed by atoms with E-state index in [-0.39, 0.29) is 12.0 Å². The Kier molecular flexibility index (Phi) is 3.21. The minimum atomic E-state index is 0.0496. The number of para-hydroxylation sites is 1. The number of epoxide rings is 1. The largest absolute Gasteiger partial charge is 0.490 e. The average molecular weight is 260 g/mol. The van der Waals surface area contributed by atoms with Crippen LogP contribution in [0.25, 0.3) is 0 Å². The second kappa shape index (κ2) is 5.01. The Morgan fingerprint density at radius 2 is 2.21 bits per heavy atom. The molecular weight excluding hydrogens is 244 g/mol. The first kappa shape index (κ1) is 12.2. The molecular formula is C14H16N2O3. The fraction of sp³-hybridized carbons (Fsp3) is 0.429. The van der Waals surface area contributed by atoms with Crippen LogP contribution in [0.5, 0.6) is 5.75 Å². The molecule has 1 saturated heterocycles. The maximum atomic E-state index is 11.5. The molecule has 1 fully saturated rings. The number of benzene rings is 1. The third-order valence-electron chi connectivity index (χ3n) is 3.23. The Hall–Kier alpha value is -1.88. The molecule has 100 valence electrons. The van der Waals surface area contributed by atoms with Gasteiger partial charge in [-0.05, 0) is 12.1 Å². The molecule has 0 aromatic heterocycles. The van der Waals surface area contributed by atoms with Crippen LogP contribution in [-0.4, -0.2) is 43.0 Å². The summed E-state index contributed by atoms with van der Waals surface area (Å²) in [6, 6.07) is 7.79. The zero-order valence-corrected chi connectivity index (χ0v) is 10.8. The molecule has 19 heavy (non-hydrogen) atoms. The van der Waals surface area contributed by atoms with Gasteiger partial charge in [0, 0.05) is 25.5 Å². The molecule has 2 aliphatic heterocycles. The highest BCUT2D eigenvalue weighted by atomic mass is 16.6. The Balaban J connectivity index is 1.82. The van der Waals surface area contributed by atoms with Gasteiger partial charge in [0.25, 0.3) is 0 Å². The summed E-state index contributed by atoms with van der Waals surface area (Å²) in [5, 5.41) is 5.73. The molecule has 0 bridgehead atoms. The van der Waals surface area contributed by atoms with Crippen molar-refractivity contribution in [2.75, 3.05) is 20.3 Å². The molecule has 0 aliphatic carbocycles. The first-order valence-corrected chi connectivity index (χ1v) is 6.42. The van der Waals surface area contributed by atoms with E-state index in [1.165, 1.54) is 5.01 Å². The van der Waals surface area contributed by atoms with Crippen molar-refractivity contribution >= 4 is 11.6 Å². The molecule has 5 nitrogen and oxygen atoms in total. The summed E-state index contributed by atoms with van der Waals surface area (Å²) in [6.45, 7) is 1.35. The summed E-state index contributed by atoms with van der Waals surface area (Å²) in [7, 11) is 1.68. The normalized spacial score (nSPS) is 22.2. The molecule has 3 rings (SSSR count). The molecule has 2 aliphatic rings. The van der Waals surface area contributed by atoms with Gasteiger partial charge in [-0.15, -0.1) is 0 Å². The fourth-order valence-corrected chi connectivity index (χ4v) is 2.04. The van der Waals surface area contributed by atoms with Gasteiger partial charge < -0.3 is 9.47 Å². The predicted molar refractivity (Wildman–Crippen MR) is 70.2 cm³/mol. The maximum Gasteiger partial charge on any atom is 0.242 e. The van der Waals surface area contributed by atoms with Crippen LogP contribution >= 0.6 is 0 Å². The van der Waals surface area contributed by atoms with Crippen LogP contribution in [0, 0.1) is 0 Å². The van der Waals surface area contributed by atoms with E-state index < -0.39 is 0 Å². The molecule has 0 N–H and O–H groups in total. The highest BCUT2D eigenvalue weighted by Crippen LogP contribution is 2.24. The van der Waals surface area contributed by atoms with Gasteiger partial charge in [-0.25, -0.2) is 5.01 Å². The van der Waals surface area contributed by atoms with E-state index in [9.17, 15) is 4.79 Å². The van der Waals surface area contributed by atoms with E-state index >= 15 is 0 Å². The number of rotatable bonds is 4. The minimum Gasteiger partial charge on any atom is -0.490 e. The predicted octanol–water partition coefficient (Wildman–Crippen LogP) is 1.42. The lowest BCUT2D eigenvalue weighted by atomic mass is 10.0. The van der Waals surface area contributed by atoms with Gasteiger partial charge in [-0.1, -0.05) is 12.1 Å². The van der Waals surface area contributed by atoms with Crippen LogP contribution in [0.2, 0.25) is 0 Å². The number of amides is 1. The molecule has 1 unspecified atom stereocenters. The molecule has 5 heteroatoms. The molecule has 1 aromatic carbocycles. The lowest BCUT2D eigenvalue weighted by Crippen LogP contribution is -2.28. The third kappa shape index (κ3) is 2.76. The number of nitrogens with zero attached hydrogens (tertiary/aromatic N) is 2. The van der Waals surface area contributed by atoms with Crippen molar-refractivity contribution in [3.63, 3.8) is 0 Å². The molecule has 0 radical (unpaired) electrons. The summed E-state index contributed by atoms with van der Waals surface area (Å²) < 4.78 is 10.9. The van der Waals surface area contributed by atoms with Crippen LogP contribution in [0.3, 0.4) is 0 Å². The SMILES string of the molecule is CN1N=C(c2ccccc2OCC2CO2)CCC1=O. The quantitative estimate of drug-likeness (QED) is 0.769. The van der Waals surface area contributed by atoms with E-state index in [0.717, 1.165) is 23.6 Å². The van der Waals surface area contributed by atoms with Crippen LogP contribution in [0.1, 0.15) is 18.4 Å². The first-order valence-electron chi connectivity index (χ1n) is 6.42. The number of hydrogen-bond acceptors (Lipinski definition) is 4. The standard InChI is InChI=1S/C14H16N2O3/c1-16-14(17)7-6-12(15-16)11-4-2-3-5-13(11)19-9-10-8-18-10/h2-5,10H,6-9H2,1H3. The summed E-state index contributed by atoms with van der Waals surface area (Å²) >= 11 is 0. The molecule has 0 saturated carbocycles. The molecule has 1 aromatic rings. The number of hydrogen-bond donors (Lipinski definition) is 0. The van der Waals surface area contributed by atoms with E-state index in [0.29, 0.717) is 19.4 Å². The van der Waals surface area contributed by atoms with Crippen molar-refractivity contribution in [2.45, 2.75) is 18.9 Å². The van der Waals surface area contributed by atoms with Crippen molar-refractivity contribution < 1.29 is 14.3 Å².